The van der Waals surface area contributed by atoms with Crippen molar-refractivity contribution in [1.29, 1.82) is 0 Å². The molecular formula is C28H38O10. The second kappa shape index (κ2) is 14.3. The number of aliphatic hydroxyl groups is 4. The molecule has 0 saturated carbocycles. The maximum absolute atomic E-state index is 13.8. The van der Waals surface area contributed by atoms with Gasteiger partial charge in [0.25, 0.3) is 0 Å². The van der Waals surface area contributed by atoms with Crippen molar-refractivity contribution in [2.75, 3.05) is 26.9 Å². The zero-order chi connectivity index (χ0) is 27.7. The molecule has 0 radical (unpaired) electrons. The smallest absolute Gasteiger partial charge is 0.229 e. The Bertz CT molecular complexity index is 1020. The van der Waals surface area contributed by atoms with Crippen LogP contribution in [0.3, 0.4) is 0 Å². The highest BCUT2D eigenvalue weighted by Crippen LogP contribution is 2.38. The lowest BCUT2D eigenvalue weighted by molar-refractivity contribution is -0.277. The van der Waals surface area contributed by atoms with Gasteiger partial charge in [0.05, 0.1) is 26.9 Å². The van der Waals surface area contributed by atoms with E-state index in [1.807, 2.05) is 6.92 Å². The lowest BCUT2D eigenvalue weighted by Gasteiger charge is -2.39. The summed E-state index contributed by atoms with van der Waals surface area (Å²) in [6.45, 7) is 4.39. The molecule has 3 rings (SSSR count). The molecule has 5 atom stereocenters. The predicted molar refractivity (Wildman–Crippen MR) is 138 cm³/mol. The summed E-state index contributed by atoms with van der Waals surface area (Å²) in [6.07, 6.45) is -3.98. The zero-order valence-corrected chi connectivity index (χ0v) is 22.0. The number of rotatable bonds is 14. The van der Waals surface area contributed by atoms with Crippen LogP contribution in [0.25, 0.3) is 0 Å². The number of aliphatic hydroxyl groups excluding tert-OH is 4. The molecule has 0 aliphatic carbocycles. The van der Waals surface area contributed by atoms with Crippen molar-refractivity contribution < 1.29 is 48.9 Å². The van der Waals surface area contributed by atoms with Crippen LogP contribution in [-0.2, 0) is 4.74 Å². The molecule has 10 heteroatoms. The maximum Gasteiger partial charge on any atom is 0.229 e. The van der Waals surface area contributed by atoms with E-state index in [1.54, 1.807) is 30.3 Å². The highest BCUT2D eigenvalue weighted by atomic mass is 16.7. The van der Waals surface area contributed by atoms with Crippen molar-refractivity contribution in [2.24, 2.45) is 0 Å². The highest BCUT2D eigenvalue weighted by molar-refractivity contribution is 6.12. The number of hydrogen-bond donors (Lipinski definition) is 4. The van der Waals surface area contributed by atoms with Crippen LogP contribution in [0.15, 0.2) is 36.4 Å². The third-order valence-electron chi connectivity index (χ3n) is 6.23. The fourth-order valence-corrected chi connectivity index (χ4v) is 3.91. The summed E-state index contributed by atoms with van der Waals surface area (Å²) < 4.78 is 28.4. The monoisotopic (exact) mass is 534 g/mol. The standard InChI is InChI=1S/C28H38O10/c1-4-6-12-35-18-10-8-17(9-11-18)24(30)23-20(36-13-7-5-2)14-19(34-3)15-21(23)37-28-27(33)26(32)25(31)22(16-29)38-28/h8-11,14-15,22,25-29,31-33H,4-7,12-13,16H2,1-3H3/t22-,25-,26+,27-,28-/m1/s1. The Labute approximate surface area is 222 Å². The molecule has 1 aliphatic rings. The third kappa shape index (κ3) is 7.15. The Kier molecular flexibility index (Phi) is 11.2. The van der Waals surface area contributed by atoms with E-state index < -0.39 is 43.1 Å². The van der Waals surface area contributed by atoms with Crippen molar-refractivity contribution in [3.63, 3.8) is 0 Å². The van der Waals surface area contributed by atoms with Crippen molar-refractivity contribution >= 4 is 5.78 Å². The number of carbonyl (C=O) groups excluding carboxylic acids is 1. The largest absolute Gasteiger partial charge is 0.496 e. The normalized spacial score (nSPS) is 23.1. The molecule has 1 saturated heterocycles. The molecule has 0 unspecified atom stereocenters. The summed E-state index contributed by atoms with van der Waals surface area (Å²) in [5.74, 6) is 0.743. The van der Waals surface area contributed by atoms with Crippen LogP contribution in [0, 0.1) is 0 Å². The van der Waals surface area contributed by atoms with E-state index in [0.717, 1.165) is 25.7 Å². The van der Waals surface area contributed by atoms with Gasteiger partial charge in [0.1, 0.15) is 53.0 Å². The number of ketones is 1. The number of carbonyl (C=O) groups is 1. The first kappa shape index (κ1) is 29.7. The summed E-state index contributed by atoms with van der Waals surface area (Å²) >= 11 is 0. The van der Waals surface area contributed by atoms with Crippen LogP contribution in [0.2, 0.25) is 0 Å². The molecule has 1 fully saturated rings. The number of unbranched alkanes of at least 4 members (excludes halogenated alkanes) is 2. The van der Waals surface area contributed by atoms with Crippen LogP contribution in [0.4, 0.5) is 0 Å². The van der Waals surface area contributed by atoms with Crippen LogP contribution < -0.4 is 18.9 Å². The second-order valence-electron chi connectivity index (χ2n) is 9.07. The van der Waals surface area contributed by atoms with Crippen LogP contribution in [-0.4, -0.2) is 83.8 Å². The fraction of sp³-hybridized carbons (Fsp3) is 0.536. The average molecular weight is 535 g/mol. The lowest BCUT2D eigenvalue weighted by Crippen LogP contribution is -2.60. The van der Waals surface area contributed by atoms with E-state index in [1.165, 1.54) is 13.2 Å². The molecule has 210 valence electrons. The van der Waals surface area contributed by atoms with Gasteiger partial charge in [-0.15, -0.1) is 0 Å². The van der Waals surface area contributed by atoms with Crippen molar-refractivity contribution in [2.45, 2.75) is 70.2 Å². The molecule has 1 aliphatic heterocycles. The Morgan fingerprint density at radius 2 is 1.50 bits per heavy atom. The highest BCUT2D eigenvalue weighted by Gasteiger charge is 2.45. The number of ether oxygens (including phenoxy) is 5. The molecule has 2 aromatic carbocycles. The average Bonchev–Trinajstić information content (AvgIpc) is 2.93. The molecule has 2 aromatic rings. The second-order valence-corrected chi connectivity index (χ2v) is 9.07. The quantitative estimate of drug-likeness (QED) is 0.211. The van der Waals surface area contributed by atoms with Gasteiger partial charge in [0.2, 0.25) is 12.1 Å². The summed E-state index contributed by atoms with van der Waals surface area (Å²) in [4.78, 5) is 13.8. The summed E-state index contributed by atoms with van der Waals surface area (Å²) in [5, 5.41) is 40.4. The summed E-state index contributed by atoms with van der Waals surface area (Å²) in [6, 6.07) is 9.72. The molecule has 0 aromatic heterocycles. The molecule has 0 amide bonds. The van der Waals surface area contributed by atoms with Gasteiger partial charge in [-0.25, -0.2) is 0 Å². The van der Waals surface area contributed by atoms with Gasteiger partial charge < -0.3 is 44.1 Å². The van der Waals surface area contributed by atoms with E-state index in [4.69, 9.17) is 23.7 Å². The number of hydrogen-bond acceptors (Lipinski definition) is 10. The van der Waals surface area contributed by atoms with Gasteiger partial charge in [-0.05, 0) is 37.1 Å². The van der Waals surface area contributed by atoms with Crippen molar-refractivity contribution in [1.82, 2.24) is 0 Å². The molecule has 4 N–H and O–H groups in total. The SMILES string of the molecule is CCCCOc1ccc(C(=O)c2c(OCCCC)cc(OC)cc2O[C@@H]2O[C@H](CO)[C@@H](O)[C@H](O)[C@H]2O)cc1. The minimum atomic E-state index is -1.66. The Balaban J connectivity index is 1.99. The van der Waals surface area contributed by atoms with Crippen LogP contribution >= 0.6 is 0 Å². The topological polar surface area (TPSA) is 144 Å². The van der Waals surface area contributed by atoms with Gasteiger partial charge in [0.15, 0.2) is 0 Å². The zero-order valence-electron chi connectivity index (χ0n) is 22.0. The predicted octanol–water partition coefficient (Wildman–Crippen LogP) is 2.46. The van der Waals surface area contributed by atoms with E-state index in [-0.39, 0.29) is 17.1 Å². The summed E-state index contributed by atoms with van der Waals surface area (Å²) in [7, 11) is 1.45. The molecule has 0 bridgehead atoms. The fourth-order valence-electron chi connectivity index (χ4n) is 3.91. The van der Waals surface area contributed by atoms with Gasteiger partial charge in [-0.2, -0.15) is 0 Å². The maximum atomic E-state index is 13.8. The minimum Gasteiger partial charge on any atom is -0.496 e. The first-order valence-electron chi connectivity index (χ1n) is 12.9. The van der Waals surface area contributed by atoms with Crippen LogP contribution in [0.1, 0.15) is 55.5 Å². The van der Waals surface area contributed by atoms with E-state index in [2.05, 4.69) is 6.92 Å². The Morgan fingerprint density at radius 3 is 2.11 bits per heavy atom. The van der Waals surface area contributed by atoms with Gasteiger partial charge in [0, 0.05) is 17.7 Å². The molecule has 1 heterocycles. The van der Waals surface area contributed by atoms with E-state index in [0.29, 0.717) is 30.3 Å². The number of benzene rings is 2. The third-order valence-corrected chi connectivity index (χ3v) is 6.23. The molecule has 38 heavy (non-hydrogen) atoms. The lowest BCUT2D eigenvalue weighted by atomic mass is 9.98. The van der Waals surface area contributed by atoms with Gasteiger partial charge in [-0.1, -0.05) is 26.7 Å². The van der Waals surface area contributed by atoms with Crippen molar-refractivity contribution in [3.05, 3.63) is 47.5 Å². The van der Waals surface area contributed by atoms with Crippen molar-refractivity contribution in [3.8, 4) is 23.0 Å². The summed E-state index contributed by atoms with van der Waals surface area (Å²) in [5.41, 5.74) is 0.413. The van der Waals surface area contributed by atoms with E-state index in [9.17, 15) is 25.2 Å². The minimum absolute atomic E-state index is 0.0200. The van der Waals surface area contributed by atoms with E-state index >= 15 is 0 Å². The Hall–Kier alpha value is -2.89. The van der Waals surface area contributed by atoms with Crippen LogP contribution in [0.5, 0.6) is 23.0 Å². The molecular weight excluding hydrogens is 496 g/mol. The van der Waals surface area contributed by atoms with Gasteiger partial charge >= 0.3 is 0 Å². The first-order chi connectivity index (χ1) is 18.3. The molecule has 0 spiro atoms. The Morgan fingerprint density at radius 1 is 0.868 bits per heavy atom. The van der Waals surface area contributed by atoms with Gasteiger partial charge in [-0.3, -0.25) is 4.79 Å². The first-order valence-corrected chi connectivity index (χ1v) is 12.9. The number of methoxy groups -OCH3 is 1. The molecule has 10 nitrogen and oxygen atoms in total.